The van der Waals surface area contributed by atoms with Crippen LogP contribution in [-0.4, -0.2) is 78.4 Å². The number of urea groups is 1. The van der Waals surface area contributed by atoms with Crippen LogP contribution in [0.1, 0.15) is 38.5 Å². The number of carbonyl (C=O) groups is 3. The number of hydrogen-bond donors (Lipinski definition) is 1. The van der Waals surface area contributed by atoms with Crippen molar-refractivity contribution in [2.75, 3.05) is 39.8 Å². The van der Waals surface area contributed by atoms with Crippen molar-refractivity contribution in [2.24, 2.45) is 17.8 Å². The Morgan fingerprint density at radius 3 is 2.54 bits per heavy atom. The highest BCUT2D eigenvalue weighted by Crippen LogP contribution is 2.38. The Morgan fingerprint density at radius 2 is 1.81 bits per heavy atom. The lowest BCUT2D eigenvalue weighted by atomic mass is 9.76. The van der Waals surface area contributed by atoms with Crippen molar-refractivity contribution in [3.8, 4) is 0 Å². The second-order valence-corrected chi connectivity index (χ2v) is 8.43. The second-order valence-electron chi connectivity index (χ2n) is 8.43. The molecule has 2 bridgehead atoms. The summed E-state index contributed by atoms with van der Waals surface area (Å²) in [4.78, 5) is 43.1. The van der Waals surface area contributed by atoms with Crippen molar-refractivity contribution in [3.05, 3.63) is 0 Å². The minimum absolute atomic E-state index is 0.0339. The van der Waals surface area contributed by atoms with E-state index in [9.17, 15) is 14.4 Å². The number of carbonyl (C=O) groups excluding carboxylic acids is 3. The third-order valence-electron chi connectivity index (χ3n) is 6.83. The minimum atomic E-state index is 0.0339. The quantitative estimate of drug-likeness (QED) is 0.753. The fraction of sp³-hybridized carbons (Fsp3) is 0.842. The third kappa shape index (κ3) is 3.16. The Morgan fingerprint density at radius 1 is 1.04 bits per heavy atom. The number of piperidine rings is 4. The molecule has 26 heavy (non-hydrogen) atoms. The Balaban J connectivity index is 1.37. The SMILES string of the molecule is CNC(=O)C1CCN(C(=O)N2C[C@H]3C[C@H](C2)[C@H]2CCCC(=O)N2C3)CC1. The molecule has 0 saturated carbocycles. The van der Waals surface area contributed by atoms with Crippen molar-refractivity contribution in [3.63, 3.8) is 0 Å². The van der Waals surface area contributed by atoms with E-state index in [1.165, 1.54) is 0 Å². The van der Waals surface area contributed by atoms with Crippen molar-refractivity contribution >= 4 is 17.8 Å². The molecule has 7 nitrogen and oxygen atoms in total. The maximum absolute atomic E-state index is 13.0. The summed E-state index contributed by atoms with van der Waals surface area (Å²) in [5, 5.41) is 2.71. The average Bonchev–Trinajstić information content (AvgIpc) is 2.67. The summed E-state index contributed by atoms with van der Waals surface area (Å²) < 4.78 is 0. The van der Waals surface area contributed by atoms with Gasteiger partial charge in [0.15, 0.2) is 0 Å². The van der Waals surface area contributed by atoms with Gasteiger partial charge in [-0.3, -0.25) is 9.59 Å². The van der Waals surface area contributed by atoms with Crippen LogP contribution in [0.4, 0.5) is 4.79 Å². The molecule has 4 saturated heterocycles. The van der Waals surface area contributed by atoms with E-state index in [1.54, 1.807) is 7.05 Å². The number of fused-ring (bicyclic) bond motifs is 4. The molecule has 0 spiro atoms. The number of likely N-dealkylation sites (tertiary alicyclic amines) is 2. The zero-order chi connectivity index (χ0) is 18.3. The van der Waals surface area contributed by atoms with Crippen LogP contribution in [0.5, 0.6) is 0 Å². The third-order valence-corrected chi connectivity index (χ3v) is 6.83. The molecule has 0 aromatic carbocycles. The molecule has 3 atom stereocenters. The van der Waals surface area contributed by atoms with E-state index in [0.717, 1.165) is 51.7 Å². The van der Waals surface area contributed by atoms with E-state index in [2.05, 4.69) is 10.2 Å². The minimum Gasteiger partial charge on any atom is -0.359 e. The first-order valence-corrected chi connectivity index (χ1v) is 10.1. The molecular weight excluding hydrogens is 332 g/mol. The number of amides is 4. The zero-order valence-corrected chi connectivity index (χ0v) is 15.7. The van der Waals surface area contributed by atoms with Gasteiger partial charge in [0, 0.05) is 58.2 Å². The number of nitrogens with one attached hydrogen (secondary N) is 1. The van der Waals surface area contributed by atoms with Crippen LogP contribution in [0.3, 0.4) is 0 Å². The summed E-state index contributed by atoms with van der Waals surface area (Å²) >= 11 is 0. The van der Waals surface area contributed by atoms with Crippen LogP contribution in [-0.2, 0) is 9.59 Å². The Labute approximate surface area is 155 Å². The molecule has 4 aliphatic rings. The molecule has 4 aliphatic heterocycles. The van der Waals surface area contributed by atoms with Crippen molar-refractivity contribution in [2.45, 2.75) is 44.6 Å². The summed E-state index contributed by atoms with van der Waals surface area (Å²) in [5.41, 5.74) is 0. The second kappa shape index (κ2) is 7.08. The predicted octanol–water partition coefficient (Wildman–Crippen LogP) is 0.897. The van der Waals surface area contributed by atoms with Gasteiger partial charge >= 0.3 is 6.03 Å². The number of rotatable bonds is 1. The highest BCUT2D eigenvalue weighted by Gasteiger charge is 2.45. The fourth-order valence-corrected chi connectivity index (χ4v) is 5.50. The standard InChI is InChI=1S/C19H30N4O3/c1-20-18(25)14-5-7-21(8-6-14)19(26)22-10-13-9-15(12-22)16-3-2-4-17(24)23(16)11-13/h13-16H,2-12H2,1H3,(H,20,25)/t13-,15-,16-/m1/s1. The van der Waals surface area contributed by atoms with Gasteiger partial charge < -0.3 is 20.0 Å². The first-order valence-electron chi connectivity index (χ1n) is 10.1. The van der Waals surface area contributed by atoms with Crippen molar-refractivity contribution < 1.29 is 14.4 Å². The summed E-state index contributed by atoms with van der Waals surface area (Å²) in [6, 6.07) is 0.465. The molecule has 1 N–H and O–H groups in total. The Hall–Kier alpha value is -1.79. The van der Waals surface area contributed by atoms with Crippen LogP contribution in [0, 0.1) is 17.8 Å². The molecule has 4 amide bonds. The summed E-state index contributed by atoms with van der Waals surface area (Å²) in [5.74, 6) is 1.28. The van der Waals surface area contributed by atoms with Gasteiger partial charge in [-0.05, 0) is 43.9 Å². The molecule has 0 aliphatic carbocycles. The Bertz CT molecular complexity index is 587. The maximum Gasteiger partial charge on any atom is 0.320 e. The lowest BCUT2D eigenvalue weighted by Gasteiger charge is -2.53. The first-order chi connectivity index (χ1) is 12.6. The highest BCUT2D eigenvalue weighted by molar-refractivity contribution is 5.80. The smallest absolute Gasteiger partial charge is 0.320 e. The van der Waals surface area contributed by atoms with Crippen LogP contribution < -0.4 is 5.32 Å². The molecule has 4 fully saturated rings. The van der Waals surface area contributed by atoms with Gasteiger partial charge in [0.2, 0.25) is 11.8 Å². The summed E-state index contributed by atoms with van der Waals surface area (Å²) in [6.07, 6.45) is 5.41. The highest BCUT2D eigenvalue weighted by atomic mass is 16.2. The van der Waals surface area contributed by atoms with Crippen molar-refractivity contribution in [1.29, 1.82) is 0 Å². The average molecular weight is 362 g/mol. The van der Waals surface area contributed by atoms with Crippen molar-refractivity contribution in [1.82, 2.24) is 20.0 Å². The molecule has 144 valence electrons. The van der Waals surface area contributed by atoms with Gasteiger partial charge in [-0.15, -0.1) is 0 Å². The topological polar surface area (TPSA) is 73.0 Å². The van der Waals surface area contributed by atoms with Crippen LogP contribution in [0.25, 0.3) is 0 Å². The largest absolute Gasteiger partial charge is 0.359 e. The van der Waals surface area contributed by atoms with Crippen LogP contribution in [0.15, 0.2) is 0 Å². The normalized spacial score (nSPS) is 32.3. The number of nitrogens with zero attached hydrogens (tertiary/aromatic N) is 3. The number of hydrogen-bond acceptors (Lipinski definition) is 3. The first kappa shape index (κ1) is 17.6. The molecular formula is C19H30N4O3. The van der Waals surface area contributed by atoms with E-state index in [4.69, 9.17) is 0 Å². The summed E-state index contributed by atoms with van der Waals surface area (Å²) in [6.45, 7) is 3.69. The van der Waals surface area contributed by atoms with Gasteiger partial charge in [-0.2, -0.15) is 0 Å². The molecule has 0 aromatic rings. The van der Waals surface area contributed by atoms with Crippen LogP contribution >= 0.6 is 0 Å². The molecule has 0 unspecified atom stereocenters. The molecule has 0 radical (unpaired) electrons. The molecule has 4 rings (SSSR count). The van der Waals surface area contributed by atoms with E-state index in [1.807, 2.05) is 9.80 Å². The molecule has 4 heterocycles. The Kier molecular flexibility index (Phi) is 4.80. The van der Waals surface area contributed by atoms with Gasteiger partial charge in [0.1, 0.15) is 0 Å². The van der Waals surface area contributed by atoms with Gasteiger partial charge in [0.05, 0.1) is 0 Å². The lowest BCUT2D eigenvalue weighted by Crippen LogP contribution is -2.62. The van der Waals surface area contributed by atoms with Crippen LogP contribution in [0.2, 0.25) is 0 Å². The molecule has 7 heteroatoms. The fourth-order valence-electron chi connectivity index (χ4n) is 5.50. The summed E-state index contributed by atoms with van der Waals surface area (Å²) in [7, 11) is 1.67. The monoisotopic (exact) mass is 362 g/mol. The van der Waals surface area contributed by atoms with E-state index < -0.39 is 0 Å². The van der Waals surface area contributed by atoms with E-state index in [-0.39, 0.29) is 17.9 Å². The van der Waals surface area contributed by atoms with E-state index in [0.29, 0.717) is 43.3 Å². The zero-order valence-electron chi connectivity index (χ0n) is 15.7. The van der Waals surface area contributed by atoms with Gasteiger partial charge in [0.25, 0.3) is 0 Å². The molecule has 0 aromatic heterocycles. The van der Waals surface area contributed by atoms with Gasteiger partial charge in [-0.1, -0.05) is 0 Å². The predicted molar refractivity (Wildman–Crippen MR) is 96.3 cm³/mol. The lowest BCUT2D eigenvalue weighted by molar-refractivity contribution is -0.144. The maximum atomic E-state index is 13.0. The van der Waals surface area contributed by atoms with Gasteiger partial charge in [-0.25, -0.2) is 4.79 Å². The van der Waals surface area contributed by atoms with E-state index >= 15 is 0 Å².